The quantitative estimate of drug-likeness (QED) is 0.372. The molecule has 0 aliphatic carbocycles. The number of phenols is 1. The number of pyridine rings is 1. The van der Waals surface area contributed by atoms with E-state index in [1.165, 1.54) is 18.3 Å². The normalized spacial score (nSPS) is 11.1. The van der Waals surface area contributed by atoms with Crippen molar-refractivity contribution in [1.29, 1.82) is 0 Å². The van der Waals surface area contributed by atoms with Crippen molar-refractivity contribution in [3.8, 4) is 17.0 Å². The molecule has 0 radical (unpaired) electrons. The predicted molar refractivity (Wildman–Crippen MR) is 93.1 cm³/mol. The predicted octanol–water partition coefficient (Wildman–Crippen LogP) is 5.27. The highest BCUT2D eigenvalue weighted by Crippen LogP contribution is 2.45. The first-order valence-electron chi connectivity index (χ1n) is 6.08. The Labute approximate surface area is 150 Å². The highest BCUT2D eigenvalue weighted by atomic mass is 79.9. The summed E-state index contributed by atoms with van der Waals surface area (Å²) in [5.41, 5.74) is 0.699. The Morgan fingerprint density at radius 2 is 1.77 bits per heavy atom. The maximum Gasteiger partial charge on any atom is 0.234 e. The van der Waals surface area contributed by atoms with Crippen molar-refractivity contribution in [2.45, 2.75) is 0 Å². The van der Waals surface area contributed by atoms with Crippen LogP contribution in [0.5, 0.6) is 5.75 Å². The van der Waals surface area contributed by atoms with Gasteiger partial charge >= 0.3 is 0 Å². The molecule has 7 heteroatoms. The summed E-state index contributed by atoms with van der Waals surface area (Å²) in [6, 6.07) is 7.50. The fraction of sp³-hybridized carbons (Fsp3) is 0. The largest absolute Gasteiger partial charge is 0.618 e. The zero-order chi connectivity index (χ0) is 16.0. The Morgan fingerprint density at radius 1 is 1.05 bits per heavy atom. The zero-order valence-corrected chi connectivity index (χ0v) is 15.5. The van der Waals surface area contributed by atoms with Crippen molar-refractivity contribution in [1.82, 2.24) is 0 Å². The van der Waals surface area contributed by atoms with Crippen LogP contribution in [0.15, 0.2) is 49.9 Å². The second-order valence-corrected chi connectivity index (χ2v) is 7.10. The summed E-state index contributed by atoms with van der Waals surface area (Å²) in [4.78, 5) is 0. The van der Waals surface area contributed by atoms with E-state index in [-0.39, 0.29) is 11.4 Å². The first-order valence-corrected chi connectivity index (χ1v) is 8.46. The Hall–Kier alpha value is -1.18. The molecule has 22 heavy (non-hydrogen) atoms. The second-order valence-electron chi connectivity index (χ2n) is 4.60. The highest BCUT2D eigenvalue weighted by molar-refractivity contribution is 9.11. The SMILES string of the molecule is [O-][n+]1ccc2ccc(F)cc2c1-c1c(Br)cc(Br)c(O)c1Br. The summed E-state index contributed by atoms with van der Waals surface area (Å²) in [7, 11) is 0. The molecule has 3 rings (SSSR count). The van der Waals surface area contributed by atoms with Gasteiger partial charge in [-0.05, 0) is 71.4 Å². The Morgan fingerprint density at radius 3 is 2.50 bits per heavy atom. The third-order valence-corrected chi connectivity index (χ3v) is 5.27. The van der Waals surface area contributed by atoms with Crippen LogP contribution in [0.1, 0.15) is 0 Å². The lowest BCUT2D eigenvalue weighted by Gasteiger charge is -2.13. The van der Waals surface area contributed by atoms with Crippen LogP contribution in [0, 0.1) is 11.0 Å². The second kappa shape index (κ2) is 5.79. The van der Waals surface area contributed by atoms with Crippen LogP contribution >= 0.6 is 47.8 Å². The summed E-state index contributed by atoms with van der Waals surface area (Å²) in [6.07, 6.45) is 1.35. The van der Waals surface area contributed by atoms with E-state index in [2.05, 4.69) is 47.8 Å². The lowest BCUT2D eigenvalue weighted by molar-refractivity contribution is -0.592. The van der Waals surface area contributed by atoms with Crippen molar-refractivity contribution in [3.63, 3.8) is 0 Å². The number of benzene rings is 2. The van der Waals surface area contributed by atoms with E-state index >= 15 is 0 Å². The minimum atomic E-state index is -0.437. The van der Waals surface area contributed by atoms with Gasteiger partial charge < -0.3 is 10.3 Å². The molecule has 0 saturated carbocycles. The number of fused-ring (bicyclic) bond motifs is 1. The van der Waals surface area contributed by atoms with Gasteiger partial charge in [-0.1, -0.05) is 6.07 Å². The van der Waals surface area contributed by atoms with Crippen LogP contribution in [0.2, 0.25) is 0 Å². The van der Waals surface area contributed by atoms with Crippen molar-refractivity contribution in [2.24, 2.45) is 0 Å². The molecular weight excluding hydrogens is 485 g/mol. The maximum atomic E-state index is 13.6. The molecule has 0 aliphatic heterocycles. The Bertz CT molecular complexity index is 910. The number of rotatable bonds is 1. The number of phenolic OH excluding ortho intramolecular Hbond substituents is 1. The van der Waals surface area contributed by atoms with Crippen molar-refractivity contribution < 1.29 is 14.2 Å². The lowest BCUT2D eigenvalue weighted by Crippen LogP contribution is -2.28. The minimum Gasteiger partial charge on any atom is -0.618 e. The topological polar surface area (TPSA) is 47.2 Å². The van der Waals surface area contributed by atoms with Gasteiger partial charge in [0.1, 0.15) is 11.6 Å². The van der Waals surface area contributed by atoms with E-state index in [1.807, 2.05) is 0 Å². The van der Waals surface area contributed by atoms with Crippen LogP contribution in [0.4, 0.5) is 4.39 Å². The van der Waals surface area contributed by atoms with Crippen LogP contribution < -0.4 is 4.73 Å². The van der Waals surface area contributed by atoms with Crippen LogP contribution in [-0.2, 0) is 0 Å². The van der Waals surface area contributed by atoms with Gasteiger partial charge in [-0.2, -0.15) is 4.73 Å². The van der Waals surface area contributed by atoms with Gasteiger partial charge in [0.25, 0.3) is 0 Å². The van der Waals surface area contributed by atoms with E-state index < -0.39 is 5.82 Å². The zero-order valence-electron chi connectivity index (χ0n) is 10.8. The Kier molecular flexibility index (Phi) is 4.13. The average molecular weight is 492 g/mol. The first kappa shape index (κ1) is 15.7. The molecule has 0 atom stereocenters. The first-order chi connectivity index (χ1) is 10.4. The average Bonchev–Trinajstić information content (AvgIpc) is 2.47. The number of halogens is 4. The molecule has 1 aromatic heterocycles. The summed E-state index contributed by atoms with van der Waals surface area (Å²) in [5, 5.41) is 23.6. The molecule has 0 spiro atoms. The number of aromatic hydroxyl groups is 1. The summed E-state index contributed by atoms with van der Waals surface area (Å²) < 4.78 is 15.7. The van der Waals surface area contributed by atoms with E-state index in [9.17, 15) is 14.7 Å². The number of hydrogen-bond donors (Lipinski definition) is 1. The van der Waals surface area contributed by atoms with E-state index in [4.69, 9.17) is 0 Å². The van der Waals surface area contributed by atoms with Crippen LogP contribution in [0.25, 0.3) is 22.0 Å². The standard InChI is InChI=1S/C15H7Br3FNO2/c16-10-6-11(17)15(21)13(18)12(10)14-9-5-8(19)2-1-7(9)3-4-20(14)22/h1-6,21H. The third kappa shape index (κ3) is 2.51. The van der Waals surface area contributed by atoms with E-state index in [0.717, 1.165) is 5.39 Å². The summed E-state index contributed by atoms with van der Waals surface area (Å²) in [5.74, 6) is -0.472. The summed E-state index contributed by atoms with van der Waals surface area (Å²) >= 11 is 9.92. The van der Waals surface area contributed by atoms with Gasteiger partial charge in [-0.15, -0.1) is 0 Å². The van der Waals surface area contributed by atoms with Crippen molar-refractivity contribution in [3.05, 3.63) is 61.0 Å². The van der Waals surface area contributed by atoms with Gasteiger partial charge in [0.05, 0.1) is 19.9 Å². The monoisotopic (exact) mass is 489 g/mol. The number of aromatic nitrogens is 1. The molecular formula is C15H7Br3FNO2. The third-order valence-electron chi connectivity index (χ3n) is 3.26. The molecule has 112 valence electrons. The van der Waals surface area contributed by atoms with Gasteiger partial charge in [-0.25, -0.2) is 4.39 Å². The molecule has 0 bridgehead atoms. The molecule has 0 amide bonds. The van der Waals surface area contributed by atoms with Crippen molar-refractivity contribution >= 4 is 58.6 Å². The number of hydrogen-bond acceptors (Lipinski definition) is 2. The number of nitrogens with zero attached hydrogens (tertiary/aromatic N) is 1. The van der Waals surface area contributed by atoms with Gasteiger partial charge in [0.15, 0.2) is 6.20 Å². The Balaban J connectivity index is 2.48. The van der Waals surface area contributed by atoms with Crippen LogP contribution in [0.3, 0.4) is 0 Å². The fourth-order valence-electron chi connectivity index (χ4n) is 2.26. The molecule has 0 unspecified atom stereocenters. The van der Waals surface area contributed by atoms with E-state index in [0.29, 0.717) is 29.1 Å². The summed E-state index contributed by atoms with van der Waals surface area (Å²) in [6.45, 7) is 0. The molecule has 0 aliphatic rings. The molecule has 2 aromatic carbocycles. The molecule has 0 saturated heterocycles. The van der Waals surface area contributed by atoms with Gasteiger partial charge in [-0.3, -0.25) is 0 Å². The van der Waals surface area contributed by atoms with E-state index in [1.54, 1.807) is 18.2 Å². The fourth-order valence-corrected chi connectivity index (χ4v) is 4.76. The van der Waals surface area contributed by atoms with Crippen LogP contribution in [-0.4, -0.2) is 5.11 Å². The lowest BCUT2D eigenvalue weighted by atomic mass is 10.0. The molecule has 3 nitrogen and oxygen atoms in total. The molecule has 1 N–H and O–H groups in total. The minimum absolute atomic E-state index is 0.0355. The molecule has 3 aromatic rings. The van der Waals surface area contributed by atoms with Crippen molar-refractivity contribution in [2.75, 3.05) is 0 Å². The molecule has 1 heterocycles. The van der Waals surface area contributed by atoms with Gasteiger partial charge in [0.2, 0.25) is 5.69 Å². The highest BCUT2D eigenvalue weighted by Gasteiger charge is 2.23. The smallest absolute Gasteiger partial charge is 0.234 e. The maximum absolute atomic E-state index is 13.6. The molecule has 0 fully saturated rings. The van der Waals surface area contributed by atoms with Gasteiger partial charge in [0, 0.05) is 10.5 Å².